The van der Waals surface area contributed by atoms with Crippen LogP contribution < -0.4 is 4.74 Å². The van der Waals surface area contributed by atoms with Crippen molar-refractivity contribution in [3.63, 3.8) is 0 Å². The second kappa shape index (κ2) is 9.14. The third-order valence-corrected chi connectivity index (χ3v) is 4.98. The second-order valence-electron chi connectivity index (χ2n) is 6.71. The third kappa shape index (κ3) is 4.83. The molecular weight excluding hydrogens is 334 g/mol. The smallest absolute Gasteiger partial charge is 0.223 e. The normalized spacial score (nSPS) is 18.9. The van der Waals surface area contributed by atoms with Crippen LogP contribution in [0.2, 0.25) is 0 Å². The van der Waals surface area contributed by atoms with Crippen molar-refractivity contribution in [1.29, 1.82) is 0 Å². The lowest BCUT2D eigenvalue weighted by molar-refractivity contribution is -0.136. The zero-order valence-corrected chi connectivity index (χ0v) is 15.3. The van der Waals surface area contributed by atoms with Crippen LogP contribution in [0.1, 0.15) is 43.0 Å². The summed E-state index contributed by atoms with van der Waals surface area (Å²) < 4.78 is 16.5. The molecule has 0 bridgehead atoms. The van der Waals surface area contributed by atoms with E-state index in [1.165, 1.54) is 0 Å². The predicted molar refractivity (Wildman–Crippen MR) is 96.2 cm³/mol. The molecule has 1 aromatic carbocycles. The molecule has 142 valence electrons. The van der Waals surface area contributed by atoms with Crippen LogP contribution in [0.25, 0.3) is 0 Å². The Bertz CT molecular complexity index is 601. The molecule has 3 rings (SSSR count). The number of nitrogens with zero attached hydrogens (tertiary/aromatic N) is 1. The van der Waals surface area contributed by atoms with Gasteiger partial charge in [-0.25, -0.2) is 0 Å². The fourth-order valence-electron chi connectivity index (χ4n) is 3.50. The monoisotopic (exact) mass is 361 g/mol. The van der Waals surface area contributed by atoms with Crippen LogP contribution in [0.5, 0.6) is 5.75 Å². The molecule has 0 radical (unpaired) electrons. The Hall–Kier alpha value is -1.92. The summed E-state index contributed by atoms with van der Waals surface area (Å²) in [5.41, 5.74) is 0.621. The zero-order valence-electron chi connectivity index (χ0n) is 15.3. The minimum Gasteiger partial charge on any atom is -0.494 e. The van der Waals surface area contributed by atoms with Crippen LogP contribution in [-0.4, -0.2) is 55.8 Å². The summed E-state index contributed by atoms with van der Waals surface area (Å²) in [6, 6.07) is 7.09. The Kier molecular flexibility index (Phi) is 6.63. The van der Waals surface area contributed by atoms with Gasteiger partial charge in [0.05, 0.1) is 19.8 Å². The van der Waals surface area contributed by atoms with Gasteiger partial charge in [0.2, 0.25) is 5.91 Å². The maximum Gasteiger partial charge on any atom is 0.223 e. The van der Waals surface area contributed by atoms with Gasteiger partial charge in [-0.15, -0.1) is 0 Å². The van der Waals surface area contributed by atoms with E-state index in [1.807, 2.05) is 11.8 Å². The van der Waals surface area contributed by atoms with E-state index in [0.717, 1.165) is 18.6 Å². The molecule has 1 aromatic rings. The van der Waals surface area contributed by atoms with Crippen molar-refractivity contribution in [3.8, 4) is 5.75 Å². The topological polar surface area (TPSA) is 65.1 Å². The van der Waals surface area contributed by atoms with Crippen LogP contribution in [0, 0.1) is 5.92 Å². The number of rotatable bonds is 7. The van der Waals surface area contributed by atoms with Crippen molar-refractivity contribution in [2.45, 2.75) is 38.9 Å². The van der Waals surface area contributed by atoms with Gasteiger partial charge >= 0.3 is 0 Å². The minimum absolute atomic E-state index is 0.0101. The summed E-state index contributed by atoms with van der Waals surface area (Å²) >= 11 is 0. The first-order valence-corrected chi connectivity index (χ1v) is 9.44. The number of ether oxygens (including phenoxy) is 3. The SMILES string of the molecule is CCOc1ccc(C(=O)CCC(=O)N2CCC(C3OCCO3)CC2)cc1. The molecule has 0 atom stereocenters. The van der Waals surface area contributed by atoms with Crippen molar-refractivity contribution < 1.29 is 23.8 Å². The van der Waals surface area contributed by atoms with E-state index in [2.05, 4.69) is 0 Å². The molecule has 6 nitrogen and oxygen atoms in total. The number of ketones is 1. The van der Waals surface area contributed by atoms with Crippen molar-refractivity contribution in [3.05, 3.63) is 29.8 Å². The Morgan fingerprint density at radius 1 is 1.08 bits per heavy atom. The summed E-state index contributed by atoms with van der Waals surface area (Å²) in [5.74, 6) is 1.16. The van der Waals surface area contributed by atoms with Crippen LogP contribution in [0.3, 0.4) is 0 Å². The van der Waals surface area contributed by atoms with Gasteiger partial charge in [-0.2, -0.15) is 0 Å². The second-order valence-corrected chi connectivity index (χ2v) is 6.71. The fourth-order valence-corrected chi connectivity index (χ4v) is 3.50. The number of piperidine rings is 1. The maximum absolute atomic E-state index is 12.4. The van der Waals surface area contributed by atoms with E-state index >= 15 is 0 Å². The lowest BCUT2D eigenvalue weighted by atomic mass is 9.95. The number of benzene rings is 1. The lowest BCUT2D eigenvalue weighted by Gasteiger charge is -2.33. The van der Waals surface area contributed by atoms with E-state index in [0.29, 0.717) is 44.4 Å². The molecule has 0 aromatic heterocycles. The summed E-state index contributed by atoms with van der Waals surface area (Å²) in [6.45, 7) is 5.27. The number of carbonyl (C=O) groups is 2. The highest BCUT2D eigenvalue weighted by Gasteiger charge is 2.31. The summed E-state index contributed by atoms with van der Waals surface area (Å²) in [4.78, 5) is 26.5. The van der Waals surface area contributed by atoms with E-state index in [9.17, 15) is 9.59 Å². The highest BCUT2D eigenvalue weighted by molar-refractivity contribution is 5.98. The van der Waals surface area contributed by atoms with Gasteiger partial charge < -0.3 is 19.1 Å². The number of amides is 1. The first kappa shape index (κ1) is 18.9. The highest BCUT2D eigenvalue weighted by Crippen LogP contribution is 2.26. The van der Waals surface area contributed by atoms with Crippen molar-refractivity contribution in [2.75, 3.05) is 32.9 Å². The van der Waals surface area contributed by atoms with Crippen LogP contribution in [0.4, 0.5) is 0 Å². The van der Waals surface area contributed by atoms with Crippen LogP contribution in [0.15, 0.2) is 24.3 Å². The number of hydrogen-bond donors (Lipinski definition) is 0. The Labute approximate surface area is 154 Å². The minimum atomic E-state index is -0.103. The maximum atomic E-state index is 12.4. The van der Waals surface area contributed by atoms with Crippen LogP contribution in [-0.2, 0) is 14.3 Å². The summed E-state index contributed by atoms with van der Waals surface area (Å²) in [7, 11) is 0. The molecule has 26 heavy (non-hydrogen) atoms. The molecule has 2 fully saturated rings. The molecular formula is C20H27NO5. The Morgan fingerprint density at radius 2 is 1.73 bits per heavy atom. The molecule has 0 N–H and O–H groups in total. The molecule has 1 amide bonds. The molecule has 0 aliphatic carbocycles. The van der Waals surface area contributed by atoms with E-state index in [1.54, 1.807) is 24.3 Å². The standard InChI is InChI=1S/C20H27NO5/c1-2-24-17-5-3-15(4-6-17)18(22)7-8-19(23)21-11-9-16(10-12-21)20-25-13-14-26-20/h3-6,16,20H,2,7-14H2,1H3. The molecule has 6 heteroatoms. The first-order chi connectivity index (χ1) is 12.7. The van der Waals surface area contributed by atoms with E-state index in [4.69, 9.17) is 14.2 Å². The van der Waals surface area contributed by atoms with Crippen molar-refractivity contribution in [2.24, 2.45) is 5.92 Å². The first-order valence-electron chi connectivity index (χ1n) is 9.44. The fraction of sp³-hybridized carbons (Fsp3) is 0.600. The molecule has 2 aliphatic heterocycles. The predicted octanol–water partition coefficient (Wildman–Crippen LogP) is 2.66. The van der Waals surface area contributed by atoms with Crippen LogP contribution >= 0.6 is 0 Å². The average Bonchev–Trinajstić information content (AvgIpc) is 3.21. The average molecular weight is 361 g/mol. The molecule has 0 spiro atoms. The largest absolute Gasteiger partial charge is 0.494 e. The molecule has 2 aliphatic rings. The number of carbonyl (C=O) groups excluding carboxylic acids is 2. The van der Waals surface area contributed by atoms with E-state index < -0.39 is 0 Å². The van der Waals surface area contributed by atoms with Gasteiger partial charge in [0.1, 0.15) is 5.75 Å². The number of hydrogen-bond acceptors (Lipinski definition) is 5. The summed E-state index contributed by atoms with van der Waals surface area (Å²) in [5, 5.41) is 0. The van der Waals surface area contributed by atoms with E-state index in [-0.39, 0.29) is 30.8 Å². The Balaban J connectivity index is 1.41. The van der Waals surface area contributed by atoms with Gasteiger partial charge in [0, 0.05) is 37.4 Å². The van der Waals surface area contributed by atoms with Gasteiger partial charge in [-0.05, 0) is 44.0 Å². The molecule has 2 saturated heterocycles. The van der Waals surface area contributed by atoms with Gasteiger partial charge in [0.15, 0.2) is 12.1 Å². The van der Waals surface area contributed by atoms with Gasteiger partial charge in [0.25, 0.3) is 0 Å². The number of likely N-dealkylation sites (tertiary alicyclic amines) is 1. The molecule has 0 saturated carbocycles. The third-order valence-electron chi connectivity index (χ3n) is 4.98. The lowest BCUT2D eigenvalue weighted by Crippen LogP contribution is -2.41. The highest BCUT2D eigenvalue weighted by atomic mass is 16.7. The number of Topliss-reactive ketones (excluding diaryl/α,β-unsaturated/α-hetero) is 1. The molecule has 0 unspecified atom stereocenters. The Morgan fingerprint density at radius 3 is 2.35 bits per heavy atom. The quantitative estimate of drug-likeness (QED) is 0.699. The zero-order chi connectivity index (χ0) is 18.4. The van der Waals surface area contributed by atoms with Gasteiger partial charge in [-0.3, -0.25) is 9.59 Å². The van der Waals surface area contributed by atoms with Crippen molar-refractivity contribution >= 4 is 11.7 Å². The van der Waals surface area contributed by atoms with Gasteiger partial charge in [-0.1, -0.05) is 0 Å². The molecule has 2 heterocycles. The summed E-state index contributed by atoms with van der Waals surface area (Å²) in [6.07, 6.45) is 2.18. The van der Waals surface area contributed by atoms with Crippen molar-refractivity contribution in [1.82, 2.24) is 4.90 Å².